The summed E-state index contributed by atoms with van der Waals surface area (Å²) < 4.78 is 0. The summed E-state index contributed by atoms with van der Waals surface area (Å²) in [6.07, 6.45) is 0. The third-order valence-corrected chi connectivity index (χ3v) is 2.11. The normalized spacial score (nSPS) is 19.9. The van der Waals surface area contributed by atoms with E-state index in [9.17, 15) is 0 Å². The monoisotopic (exact) mass is 202 g/mol. The molecule has 1 saturated heterocycles. The van der Waals surface area contributed by atoms with Gasteiger partial charge in [-0.15, -0.1) is 0 Å². The molecule has 0 bridgehead atoms. The lowest BCUT2D eigenvalue weighted by Gasteiger charge is -2.15. The maximum Gasteiger partial charge on any atom is 0.0106 e. The quantitative estimate of drug-likeness (QED) is 0.596. The van der Waals surface area contributed by atoms with Crippen LogP contribution in [0.15, 0.2) is 0 Å². The van der Waals surface area contributed by atoms with Gasteiger partial charge in [-0.2, -0.15) is 0 Å². The van der Waals surface area contributed by atoms with Crippen LogP contribution >= 0.6 is 0 Å². The standard InChI is InChI=1S/C8H18N2.2C2H6/c1-8-6-9(2)4-5-10(3)7-8;2*1-2/h8H,4-7H2,1-3H3;2*1-2H3. The van der Waals surface area contributed by atoms with Crippen molar-refractivity contribution >= 4 is 0 Å². The number of likely N-dealkylation sites (N-methyl/N-ethyl adjacent to an activating group) is 2. The molecule has 0 spiro atoms. The molecular weight excluding hydrogens is 172 g/mol. The van der Waals surface area contributed by atoms with Crippen molar-refractivity contribution in [1.29, 1.82) is 0 Å². The summed E-state index contributed by atoms with van der Waals surface area (Å²) >= 11 is 0. The fourth-order valence-electron chi connectivity index (χ4n) is 1.65. The van der Waals surface area contributed by atoms with Crippen LogP contribution < -0.4 is 0 Å². The highest BCUT2D eigenvalue weighted by atomic mass is 15.2. The van der Waals surface area contributed by atoms with E-state index in [1.807, 2.05) is 27.7 Å². The number of hydrogen-bond acceptors (Lipinski definition) is 2. The molecule has 1 rings (SSSR count). The Morgan fingerprint density at radius 2 is 1.07 bits per heavy atom. The zero-order chi connectivity index (χ0) is 11.6. The van der Waals surface area contributed by atoms with Crippen LogP contribution in [-0.4, -0.2) is 50.1 Å². The van der Waals surface area contributed by atoms with Crippen molar-refractivity contribution in [3.8, 4) is 0 Å². The fraction of sp³-hybridized carbons (Fsp3) is 1.00. The highest BCUT2D eigenvalue weighted by Gasteiger charge is 2.13. The minimum absolute atomic E-state index is 0.831. The SMILES string of the molecule is CC.CC.CC1CN(C)CCN(C)C1. The van der Waals surface area contributed by atoms with E-state index in [2.05, 4.69) is 30.8 Å². The average Bonchev–Trinajstić information content (AvgIpc) is 2.34. The lowest BCUT2D eigenvalue weighted by molar-refractivity contribution is 0.320. The van der Waals surface area contributed by atoms with Crippen molar-refractivity contribution in [3.63, 3.8) is 0 Å². The summed E-state index contributed by atoms with van der Waals surface area (Å²) in [6.45, 7) is 15.3. The van der Waals surface area contributed by atoms with Crippen molar-refractivity contribution in [2.24, 2.45) is 5.92 Å². The summed E-state index contributed by atoms with van der Waals surface area (Å²) in [4.78, 5) is 4.82. The number of nitrogens with zero attached hydrogens (tertiary/aromatic N) is 2. The van der Waals surface area contributed by atoms with Gasteiger partial charge in [0.15, 0.2) is 0 Å². The van der Waals surface area contributed by atoms with Crippen LogP contribution in [0.4, 0.5) is 0 Å². The Labute approximate surface area is 91.3 Å². The van der Waals surface area contributed by atoms with E-state index in [4.69, 9.17) is 0 Å². The molecule has 0 saturated carbocycles. The minimum Gasteiger partial charge on any atom is -0.305 e. The van der Waals surface area contributed by atoms with Crippen molar-refractivity contribution in [3.05, 3.63) is 0 Å². The molecule has 1 heterocycles. The third-order valence-electron chi connectivity index (χ3n) is 2.11. The van der Waals surface area contributed by atoms with Gasteiger partial charge >= 0.3 is 0 Å². The topological polar surface area (TPSA) is 6.48 Å². The lowest BCUT2D eigenvalue weighted by Crippen LogP contribution is -2.25. The molecule has 88 valence electrons. The Morgan fingerprint density at radius 1 is 0.786 bits per heavy atom. The predicted octanol–water partition coefficient (Wildman–Crippen LogP) is 2.55. The summed E-state index contributed by atoms with van der Waals surface area (Å²) in [6, 6.07) is 0. The van der Waals surface area contributed by atoms with Gasteiger partial charge in [-0.1, -0.05) is 34.6 Å². The lowest BCUT2D eigenvalue weighted by atomic mass is 10.2. The molecule has 1 fully saturated rings. The molecule has 0 aliphatic carbocycles. The molecule has 14 heavy (non-hydrogen) atoms. The van der Waals surface area contributed by atoms with Crippen LogP contribution in [0.2, 0.25) is 0 Å². The maximum atomic E-state index is 2.41. The number of rotatable bonds is 0. The van der Waals surface area contributed by atoms with Crippen LogP contribution in [-0.2, 0) is 0 Å². The molecule has 0 aromatic rings. The first kappa shape index (κ1) is 16.4. The average molecular weight is 202 g/mol. The van der Waals surface area contributed by atoms with E-state index in [-0.39, 0.29) is 0 Å². The Bertz CT molecular complexity index is 92.5. The van der Waals surface area contributed by atoms with Gasteiger partial charge in [-0.25, -0.2) is 0 Å². The zero-order valence-electron chi connectivity index (χ0n) is 11.3. The first-order chi connectivity index (χ1) is 6.68. The second-order valence-electron chi connectivity index (χ2n) is 3.63. The van der Waals surface area contributed by atoms with E-state index in [0.29, 0.717) is 0 Å². The fourth-order valence-corrected chi connectivity index (χ4v) is 1.65. The Kier molecular flexibility index (Phi) is 12.8. The highest BCUT2D eigenvalue weighted by Crippen LogP contribution is 2.04. The summed E-state index contributed by atoms with van der Waals surface area (Å²) in [5, 5.41) is 0. The third kappa shape index (κ3) is 8.52. The van der Waals surface area contributed by atoms with Gasteiger partial charge in [-0.05, 0) is 20.0 Å². The summed E-state index contributed by atoms with van der Waals surface area (Å²) in [5.74, 6) is 0.831. The zero-order valence-corrected chi connectivity index (χ0v) is 11.3. The summed E-state index contributed by atoms with van der Waals surface area (Å²) in [5.41, 5.74) is 0. The molecule has 0 aromatic heterocycles. The second kappa shape index (κ2) is 11.0. The largest absolute Gasteiger partial charge is 0.305 e. The van der Waals surface area contributed by atoms with Crippen LogP contribution in [0, 0.1) is 5.92 Å². The van der Waals surface area contributed by atoms with Gasteiger partial charge < -0.3 is 9.80 Å². The molecular formula is C12H30N2. The van der Waals surface area contributed by atoms with Crippen LogP contribution in [0.5, 0.6) is 0 Å². The summed E-state index contributed by atoms with van der Waals surface area (Å²) in [7, 11) is 4.41. The minimum atomic E-state index is 0.831. The van der Waals surface area contributed by atoms with E-state index < -0.39 is 0 Å². The Balaban J connectivity index is 0. The number of hydrogen-bond donors (Lipinski definition) is 0. The molecule has 0 aromatic carbocycles. The maximum absolute atomic E-state index is 2.41. The molecule has 2 nitrogen and oxygen atoms in total. The molecule has 1 aliphatic heterocycles. The Hall–Kier alpha value is -0.0800. The second-order valence-corrected chi connectivity index (χ2v) is 3.63. The molecule has 0 unspecified atom stereocenters. The van der Waals surface area contributed by atoms with Crippen LogP contribution in [0.25, 0.3) is 0 Å². The van der Waals surface area contributed by atoms with Gasteiger partial charge in [0, 0.05) is 26.2 Å². The predicted molar refractivity (Wildman–Crippen MR) is 66.9 cm³/mol. The van der Waals surface area contributed by atoms with Crippen molar-refractivity contribution in [1.82, 2.24) is 9.80 Å². The molecule has 2 heteroatoms. The van der Waals surface area contributed by atoms with Crippen molar-refractivity contribution in [2.75, 3.05) is 40.3 Å². The van der Waals surface area contributed by atoms with Gasteiger partial charge in [0.25, 0.3) is 0 Å². The van der Waals surface area contributed by atoms with Crippen molar-refractivity contribution in [2.45, 2.75) is 34.6 Å². The van der Waals surface area contributed by atoms with Gasteiger partial charge in [-0.3, -0.25) is 0 Å². The first-order valence-electron chi connectivity index (χ1n) is 6.05. The van der Waals surface area contributed by atoms with Gasteiger partial charge in [0.2, 0.25) is 0 Å². The van der Waals surface area contributed by atoms with Gasteiger partial charge in [0.1, 0.15) is 0 Å². The molecule has 0 N–H and O–H groups in total. The Morgan fingerprint density at radius 3 is 1.36 bits per heavy atom. The van der Waals surface area contributed by atoms with Gasteiger partial charge in [0.05, 0.1) is 0 Å². The molecule has 0 amide bonds. The van der Waals surface area contributed by atoms with Crippen LogP contribution in [0.1, 0.15) is 34.6 Å². The van der Waals surface area contributed by atoms with Crippen LogP contribution in [0.3, 0.4) is 0 Å². The smallest absolute Gasteiger partial charge is 0.0106 e. The van der Waals surface area contributed by atoms with E-state index in [1.54, 1.807) is 0 Å². The van der Waals surface area contributed by atoms with Crippen molar-refractivity contribution < 1.29 is 0 Å². The first-order valence-corrected chi connectivity index (χ1v) is 6.05. The molecule has 0 radical (unpaired) electrons. The molecule has 1 aliphatic rings. The van der Waals surface area contributed by atoms with E-state index in [0.717, 1.165) is 5.92 Å². The molecule has 0 atom stereocenters. The highest BCUT2D eigenvalue weighted by molar-refractivity contribution is 4.68. The van der Waals surface area contributed by atoms with E-state index >= 15 is 0 Å². The van der Waals surface area contributed by atoms with E-state index in [1.165, 1.54) is 26.2 Å².